The predicted octanol–water partition coefficient (Wildman–Crippen LogP) is 2.62. The minimum absolute atomic E-state index is 0.814. The van der Waals surface area contributed by atoms with E-state index in [1.165, 1.54) is 31.2 Å². The van der Waals surface area contributed by atoms with Gasteiger partial charge in [0.05, 0.1) is 5.69 Å². The van der Waals surface area contributed by atoms with Crippen LogP contribution in [0.1, 0.15) is 26.0 Å². The lowest BCUT2D eigenvalue weighted by Crippen LogP contribution is -2.46. The van der Waals surface area contributed by atoms with E-state index in [0.29, 0.717) is 0 Å². The van der Waals surface area contributed by atoms with Gasteiger partial charge < -0.3 is 4.90 Å². The number of hydrogen-bond acceptors (Lipinski definition) is 4. The smallest absolute Gasteiger partial charge is 0.185 e. The van der Waals surface area contributed by atoms with Gasteiger partial charge in [-0.3, -0.25) is 4.90 Å². The summed E-state index contributed by atoms with van der Waals surface area (Å²) in [6.07, 6.45) is 1.32. The third-order valence-electron chi connectivity index (χ3n) is 3.27. The third-order valence-corrected chi connectivity index (χ3v) is 4.29. The fourth-order valence-corrected chi connectivity index (χ4v) is 2.95. The van der Waals surface area contributed by atoms with Crippen molar-refractivity contribution in [1.82, 2.24) is 9.88 Å². The Balaban J connectivity index is 1.78. The van der Waals surface area contributed by atoms with Crippen molar-refractivity contribution in [1.29, 1.82) is 0 Å². The first-order valence-electron chi connectivity index (χ1n) is 6.54. The van der Waals surface area contributed by atoms with Crippen LogP contribution in [0.2, 0.25) is 0 Å². The summed E-state index contributed by atoms with van der Waals surface area (Å²) in [5.41, 5.74) is 1.15. The normalized spacial score (nSPS) is 18.0. The lowest BCUT2D eigenvalue weighted by molar-refractivity contribution is 0.243. The zero-order valence-electron chi connectivity index (χ0n) is 11.1. The highest BCUT2D eigenvalue weighted by Crippen LogP contribution is 2.21. The largest absolute Gasteiger partial charge is 0.346 e. The van der Waals surface area contributed by atoms with E-state index in [0.717, 1.165) is 24.7 Å². The minimum atomic E-state index is 0.814. The molecule has 1 fully saturated rings. The van der Waals surface area contributed by atoms with Crippen molar-refractivity contribution in [2.24, 2.45) is 5.92 Å². The molecule has 2 rings (SSSR count). The molecule has 0 aromatic carbocycles. The lowest BCUT2D eigenvalue weighted by atomic mass is 10.1. The molecule has 0 bridgehead atoms. The lowest BCUT2D eigenvalue weighted by Gasteiger charge is -2.34. The second-order valence-electron chi connectivity index (χ2n) is 5.28. The van der Waals surface area contributed by atoms with Crippen LogP contribution in [0.25, 0.3) is 0 Å². The Hall–Kier alpha value is -0.610. The van der Waals surface area contributed by atoms with Crippen molar-refractivity contribution in [2.75, 3.05) is 37.6 Å². The zero-order valence-corrected chi connectivity index (χ0v) is 12.0. The Bertz CT molecular complexity index is 340. The molecule has 4 heteroatoms. The van der Waals surface area contributed by atoms with E-state index in [4.69, 9.17) is 0 Å². The molecule has 0 atom stereocenters. The van der Waals surface area contributed by atoms with Gasteiger partial charge in [-0.2, -0.15) is 0 Å². The van der Waals surface area contributed by atoms with Crippen molar-refractivity contribution in [2.45, 2.75) is 27.2 Å². The standard InChI is InChI=1S/C13H23N3S/c1-11(2)4-5-15-6-8-16(9-7-15)13-14-12(3)10-17-13/h10-11H,4-9H2,1-3H3. The summed E-state index contributed by atoms with van der Waals surface area (Å²) in [5.74, 6) is 0.814. The molecule has 3 nitrogen and oxygen atoms in total. The van der Waals surface area contributed by atoms with E-state index in [2.05, 4.69) is 40.9 Å². The number of aryl methyl sites for hydroxylation is 1. The van der Waals surface area contributed by atoms with E-state index in [-0.39, 0.29) is 0 Å². The number of piperazine rings is 1. The Morgan fingerprint density at radius 3 is 2.53 bits per heavy atom. The molecule has 0 radical (unpaired) electrons. The number of nitrogens with zero attached hydrogens (tertiary/aromatic N) is 3. The summed E-state index contributed by atoms with van der Waals surface area (Å²) in [6, 6.07) is 0. The molecule has 2 heterocycles. The average Bonchev–Trinajstić information content (AvgIpc) is 2.74. The first-order valence-corrected chi connectivity index (χ1v) is 7.42. The van der Waals surface area contributed by atoms with Crippen LogP contribution >= 0.6 is 11.3 Å². The van der Waals surface area contributed by atoms with Crippen LogP contribution in [0.3, 0.4) is 0 Å². The van der Waals surface area contributed by atoms with Crippen molar-refractivity contribution in [3.8, 4) is 0 Å². The number of aromatic nitrogens is 1. The SMILES string of the molecule is Cc1csc(N2CCN(CCC(C)C)CC2)n1. The van der Waals surface area contributed by atoms with E-state index in [1.54, 1.807) is 11.3 Å². The van der Waals surface area contributed by atoms with Crippen molar-refractivity contribution >= 4 is 16.5 Å². The molecule has 0 saturated carbocycles. The van der Waals surface area contributed by atoms with Crippen molar-refractivity contribution in [3.63, 3.8) is 0 Å². The molecule has 0 unspecified atom stereocenters. The highest BCUT2D eigenvalue weighted by molar-refractivity contribution is 7.13. The first kappa shape index (κ1) is 12.8. The molecule has 96 valence electrons. The quantitative estimate of drug-likeness (QED) is 0.822. The van der Waals surface area contributed by atoms with E-state index < -0.39 is 0 Å². The van der Waals surface area contributed by atoms with E-state index in [1.807, 2.05) is 0 Å². The summed E-state index contributed by atoms with van der Waals surface area (Å²) in [6.45, 7) is 12.6. The third kappa shape index (κ3) is 3.68. The number of hydrogen-bond donors (Lipinski definition) is 0. The van der Waals surface area contributed by atoms with Gasteiger partial charge in [-0.1, -0.05) is 13.8 Å². The highest BCUT2D eigenvalue weighted by atomic mass is 32.1. The van der Waals surface area contributed by atoms with E-state index in [9.17, 15) is 0 Å². The van der Waals surface area contributed by atoms with Gasteiger partial charge in [0.25, 0.3) is 0 Å². The maximum absolute atomic E-state index is 4.56. The maximum atomic E-state index is 4.56. The molecular formula is C13H23N3S. The molecule has 0 spiro atoms. The maximum Gasteiger partial charge on any atom is 0.185 e. The van der Waals surface area contributed by atoms with Gasteiger partial charge in [0.2, 0.25) is 0 Å². The highest BCUT2D eigenvalue weighted by Gasteiger charge is 2.18. The summed E-state index contributed by atoms with van der Waals surface area (Å²) >= 11 is 1.77. The van der Waals surface area contributed by atoms with Crippen LogP contribution in [-0.2, 0) is 0 Å². The molecular weight excluding hydrogens is 230 g/mol. The van der Waals surface area contributed by atoms with Crippen LogP contribution in [0.15, 0.2) is 5.38 Å². The molecule has 1 aromatic heterocycles. The van der Waals surface area contributed by atoms with Gasteiger partial charge in [-0.15, -0.1) is 11.3 Å². The summed E-state index contributed by atoms with van der Waals surface area (Å²) in [7, 11) is 0. The van der Waals surface area contributed by atoms with Gasteiger partial charge >= 0.3 is 0 Å². The predicted molar refractivity (Wildman–Crippen MR) is 75.0 cm³/mol. The average molecular weight is 253 g/mol. The minimum Gasteiger partial charge on any atom is -0.346 e. The molecule has 17 heavy (non-hydrogen) atoms. The molecule has 1 aliphatic rings. The second kappa shape index (κ2) is 5.83. The Labute approximate surface area is 108 Å². The summed E-state index contributed by atoms with van der Waals surface area (Å²) in [5, 5.41) is 3.34. The van der Waals surface area contributed by atoms with Gasteiger partial charge in [0.1, 0.15) is 0 Å². The number of thiazole rings is 1. The van der Waals surface area contributed by atoms with Gasteiger partial charge in [0, 0.05) is 31.6 Å². The molecule has 1 saturated heterocycles. The Kier molecular flexibility index (Phi) is 4.40. The van der Waals surface area contributed by atoms with Crippen LogP contribution in [0, 0.1) is 12.8 Å². The van der Waals surface area contributed by atoms with E-state index >= 15 is 0 Å². The van der Waals surface area contributed by atoms with Gasteiger partial charge in [-0.25, -0.2) is 4.98 Å². The summed E-state index contributed by atoms with van der Waals surface area (Å²) in [4.78, 5) is 9.56. The zero-order chi connectivity index (χ0) is 12.3. The Morgan fingerprint density at radius 2 is 2.00 bits per heavy atom. The van der Waals surface area contributed by atoms with Crippen LogP contribution in [0.5, 0.6) is 0 Å². The fraction of sp³-hybridized carbons (Fsp3) is 0.769. The molecule has 1 aromatic rings. The van der Waals surface area contributed by atoms with Crippen LogP contribution < -0.4 is 4.90 Å². The van der Waals surface area contributed by atoms with Gasteiger partial charge in [0.15, 0.2) is 5.13 Å². The molecule has 0 amide bonds. The summed E-state index contributed by atoms with van der Waals surface area (Å²) < 4.78 is 0. The molecule has 0 N–H and O–H groups in total. The van der Waals surface area contributed by atoms with Crippen molar-refractivity contribution in [3.05, 3.63) is 11.1 Å². The number of anilines is 1. The van der Waals surface area contributed by atoms with Gasteiger partial charge in [-0.05, 0) is 25.8 Å². The Morgan fingerprint density at radius 1 is 1.29 bits per heavy atom. The molecule has 1 aliphatic heterocycles. The van der Waals surface area contributed by atoms with Crippen LogP contribution in [0.4, 0.5) is 5.13 Å². The first-order chi connectivity index (χ1) is 8.15. The fourth-order valence-electron chi connectivity index (χ4n) is 2.09. The number of rotatable bonds is 4. The molecule has 0 aliphatic carbocycles. The monoisotopic (exact) mass is 253 g/mol. The van der Waals surface area contributed by atoms with Crippen molar-refractivity contribution < 1.29 is 0 Å². The van der Waals surface area contributed by atoms with Crippen LogP contribution in [-0.4, -0.2) is 42.6 Å². The topological polar surface area (TPSA) is 19.4 Å². The second-order valence-corrected chi connectivity index (χ2v) is 6.12.